The van der Waals surface area contributed by atoms with Gasteiger partial charge in [-0.05, 0) is 12.2 Å². The molecule has 0 atom stereocenters. The summed E-state index contributed by atoms with van der Waals surface area (Å²) < 4.78 is 0. The fraction of sp³-hybridized carbons (Fsp3) is 0. The minimum absolute atomic E-state index is 0.398. The molecule has 1 aromatic heterocycles. The van der Waals surface area contributed by atoms with E-state index in [9.17, 15) is 4.79 Å². The van der Waals surface area contributed by atoms with Gasteiger partial charge in [0.15, 0.2) is 0 Å². The zero-order chi connectivity index (χ0) is 8.97. The predicted molar refractivity (Wildman–Crippen MR) is 48.5 cm³/mol. The van der Waals surface area contributed by atoms with Crippen LogP contribution in [0.25, 0.3) is 12.2 Å². The lowest BCUT2D eigenvalue weighted by Crippen LogP contribution is -1.94. The molecule has 0 unspecified atom stereocenters. The lowest BCUT2D eigenvalue weighted by Gasteiger charge is -1.86. The van der Waals surface area contributed by atoms with Crippen molar-refractivity contribution >= 4 is 24.5 Å². The summed E-state index contributed by atoms with van der Waals surface area (Å²) in [5.74, 6) is 0.398. The van der Waals surface area contributed by atoms with E-state index < -0.39 is 0 Å². The minimum Gasteiger partial charge on any atom is -0.324 e. The molecule has 0 spiro atoms. The Kier molecular flexibility index (Phi) is 2.42. The van der Waals surface area contributed by atoms with Crippen molar-refractivity contribution in [2.45, 2.75) is 0 Å². The van der Waals surface area contributed by atoms with E-state index in [4.69, 9.17) is 0 Å². The Hall–Kier alpha value is -1.84. The van der Waals surface area contributed by atoms with Gasteiger partial charge in [-0.15, -0.1) is 0 Å². The van der Waals surface area contributed by atoms with Gasteiger partial charge in [-0.1, -0.05) is 13.2 Å². The summed E-state index contributed by atoms with van der Waals surface area (Å²) in [4.78, 5) is 16.9. The van der Waals surface area contributed by atoms with E-state index in [-0.39, 0.29) is 0 Å². The van der Waals surface area contributed by atoms with Crippen molar-refractivity contribution in [2.24, 2.45) is 0 Å². The summed E-state index contributed by atoms with van der Waals surface area (Å²) in [5.41, 5.74) is 1.42. The molecule has 0 bridgehead atoms. The zero-order valence-corrected chi connectivity index (χ0v) is 6.50. The molecule has 0 fully saturated rings. The monoisotopic (exact) mass is 163 g/mol. The first-order chi connectivity index (χ1) is 5.81. The Morgan fingerprint density at radius 1 is 1.42 bits per heavy atom. The molecule has 0 saturated heterocycles. The highest BCUT2D eigenvalue weighted by molar-refractivity contribution is 5.69. The average Bonchev–Trinajstić information content (AvgIpc) is 2.48. The molecule has 1 rings (SSSR count). The number of anilines is 1. The summed E-state index contributed by atoms with van der Waals surface area (Å²) in [6.07, 6.45) is 3.75. The number of hydrogen-bond acceptors (Lipinski definition) is 2. The number of imidazole rings is 1. The SMILES string of the molecule is C=Cc1nc(NC=O)[nH]c1C=C. The number of hydrogen-bond donors (Lipinski definition) is 2. The molecular formula is C8H9N3O. The predicted octanol–water partition coefficient (Wildman–Crippen LogP) is 1.26. The van der Waals surface area contributed by atoms with Crippen molar-refractivity contribution < 1.29 is 4.79 Å². The van der Waals surface area contributed by atoms with E-state index in [0.717, 1.165) is 5.69 Å². The van der Waals surface area contributed by atoms with Gasteiger partial charge < -0.3 is 4.98 Å². The van der Waals surface area contributed by atoms with Crippen LogP contribution in [-0.2, 0) is 4.79 Å². The van der Waals surface area contributed by atoms with Crippen LogP contribution < -0.4 is 5.32 Å². The van der Waals surface area contributed by atoms with Crippen LogP contribution in [0.15, 0.2) is 13.2 Å². The average molecular weight is 163 g/mol. The Bertz CT molecular complexity index is 289. The molecule has 0 aliphatic heterocycles. The van der Waals surface area contributed by atoms with Gasteiger partial charge in [0, 0.05) is 0 Å². The zero-order valence-electron chi connectivity index (χ0n) is 6.50. The van der Waals surface area contributed by atoms with E-state index in [0.29, 0.717) is 18.1 Å². The normalized spacial score (nSPS) is 9.00. The molecule has 0 aromatic carbocycles. The van der Waals surface area contributed by atoms with Crippen LogP contribution in [0, 0.1) is 0 Å². The second-order valence-corrected chi connectivity index (χ2v) is 2.05. The third kappa shape index (κ3) is 1.42. The van der Waals surface area contributed by atoms with Gasteiger partial charge in [0.25, 0.3) is 0 Å². The molecule has 62 valence electrons. The second kappa shape index (κ2) is 3.52. The van der Waals surface area contributed by atoms with Gasteiger partial charge in [-0.2, -0.15) is 0 Å². The number of carbonyl (C=O) groups excluding carboxylic acids is 1. The Balaban J connectivity index is 3.03. The summed E-state index contributed by atoms with van der Waals surface area (Å²) in [6.45, 7) is 7.14. The van der Waals surface area contributed by atoms with Crippen LogP contribution in [-0.4, -0.2) is 16.4 Å². The number of nitrogens with one attached hydrogen (secondary N) is 2. The molecule has 0 aliphatic carbocycles. The summed E-state index contributed by atoms with van der Waals surface area (Å²) in [7, 11) is 0. The summed E-state index contributed by atoms with van der Waals surface area (Å²) in [6, 6.07) is 0. The number of aromatic amines is 1. The quantitative estimate of drug-likeness (QED) is 0.656. The van der Waals surface area contributed by atoms with Crippen molar-refractivity contribution in [3.63, 3.8) is 0 Å². The Morgan fingerprint density at radius 2 is 2.17 bits per heavy atom. The van der Waals surface area contributed by atoms with E-state index in [1.54, 1.807) is 12.2 Å². The summed E-state index contributed by atoms with van der Waals surface area (Å²) in [5, 5.41) is 2.39. The van der Waals surface area contributed by atoms with Crippen molar-refractivity contribution in [3.8, 4) is 0 Å². The third-order valence-corrected chi connectivity index (χ3v) is 1.35. The molecule has 12 heavy (non-hydrogen) atoms. The largest absolute Gasteiger partial charge is 0.324 e. The topological polar surface area (TPSA) is 57.8 Å². The Morgan fingerprint density at radius 3 is 2.58 bits per heavy atom. The fourth-order valence-corrected chi connectivity index (χ4v) is 0.836. The first-order valence-electron chi connectivity index (χ1n) is 3.37. The lowest BCUT2D eigenvalue weighted by molar-refractivity contribution is -0.105. The number of carbonyl (C=O) groups is 1. The maximum atomic E-state index is 10.0. The minimum atomic E-state index is 0.398. The van der Waals surface area contributed by atoms with Crippen molar-refractivity contribution in [2.75, 3.05) is 5.32 Å². The molecule has 2 N–H and O–H groups in total. The molecule has 0 aliphatic rings. The van der Waals surface area contributed by atoms with Crippen LogP contribution in [0.4, 0.5) is 5.95 Å². The standard InChI is InChI=1S/C8H9N3O/c1-3-6-7(4-2)11-8(10-6)9-5-12/h3-5H,1-2H2,(H2,9,10,11,12). The molecule has 1 amide bonds. The van der Waals surface area contributed by atoms with Gasteiger partial charge >= 0.3 is 0 Å². The van der Waals surface area contributed by atoms with Gasteiger partial charge in [0.05, 0.1) is 11.4 Å². The summed E-state index contributed by atoms with van der Waals surface area (Å²) >= 11 is 0. The van der Waals surface area contributed by atoms with Crippen LogP contribution in [0.2, 0.25) is 0 Å². The molecule has 1 aromatic rings. The van der Waals surface area contributed by atoms with Gasteiger partial charge in [0.1, 0.15) is 0 Å². The highest BCUT2D eigenvalue weighted by atomic mass is 16.1. The van der Waals surface area contributed by atoms with Gasteiger partial charge in [-0.25, -0.2) is 4.98 Å². The number of nitrogens with zero attached hydrogens (tertiary/aromatic N) is 1. The van der Waals surface area contributed by atoms with Gasteiger partial charge in [-0.3, -0.25) is 10.1 Å². The van der Waals surface area contributed by atoms with E-state index in [1.807, 2.05) is 0 Å². The van der Waals surface area contributed by atoms with Crippen LogP contribution in [0.1, 0.15) is 11.4 Å². The highest BCUT2D eigenvalue weighted by Gasteiger charge is 2.02. The number of amides is 1. The molecule has 4 heteroatoms. The van der Waals surface area contributed by atoms with Crippen molar-refractivity contribution in [3.05, 3.63) is 24.5 Å². The van der Waals surface area contributed by atoms with E-state index in [1.165, 1.54) is 0 Å². The molecular weight excluding hydrogens is 154 g/mol. The number of aromatic nitrogens is 2. The third-order valence-electron chi connectivity index (χ3n) is 1.35. The molecule has 0 saturated carbocycles. The fourth-order valence-electron chi connectivity index (χ4n) is 0.836. The lowest BCUT2D eigenvalue weighted by atomic mass is 10.3. The van der Waals surface area contributed by atoms with Crippen LogP contribution in [0.3, 0.4) is 0 Å². The highest BCUT2D eigenvalue weighted by Crippen LogP contribution is 2.11. The van der Waals surface area contributed by atoms with Gasteiger partial charge in [0.2, 0.25) is 12.4 Å². The first kappa shape index (κ1) is 8.26. The Labute approximate surface area is 70.0 Å². The molecule has 1 heterocycles. The molecule has 0 radical (unpaired) electrons. The maximum absolute atomic E-state index is 10.0. The molecule has 4 nitrogen and oxygen atoms in total. The van der Waals surface area contributed by atoms with E-state index in [2.05, 4.69) is 28.4 Å². The van der Waals surface area contributed by atoms with Crippen LogP contribution in [0.5, 0.6) is 0 Å². The van der Waals surface area contributed by atoms with Crippen molar-refractivity contribution in [1.82, 2.24) is 9.97 Å². The first-order valence-corrected chi connectivity index (χ1v) is 3.37. The van der Waals surface area contributed by atoms with E-state index >= 15 is 0 Å². The second-order valence-electron chi connectivity index (χ2n) is 2.05. The number of rotatable bonds is 4. The maximum Gasteiger partial charge on any atom is 0.213 e. The van der Waals surface area contributed by atoms with Crippen LogP contribution >= 0.6 is 0 Å². The number of H-pyrrole nitrogens is 1. The smallest absolute Gasteiger partial charge is 0.213 e. The van der Waals surface area contributed by atoms with Crippen molar-refractivity contribution in [1.29, 1.82) is 0 Å².